The van der Waals surface area contributed by atoms with E-state index in [0.717, 1.165) is 22.3 Å². The Balaban J connectivity index is 1.56. The molecule has 1 amide bonds. The van der Waals surface area contributed by atoms with Crippen LogP contribution in [0.1, 0.15) is 16.8 Å². The largest absolute Gasteiger partial charge is 0.479 e. The smallest absolute Gasteiger partial charge is 0.330 e. The molecule has 0 saturated heterocycles. The molecule has 5 nitrogen and oxygen atoms in total. The van der Waals surface area contributed by atoms with E-state index in [1.165, 1.54) is 0 Å². The first-order valence-corrected chi connectivity index (χ1v) is 9.65. The Morgan fingerprint density at radius 3 is 2.41 bits per heavy atom. The number of amides is 1. The normalized spacial score (nSPS) is 17.6. The van der Waals surface area contributed by atoms with Gasteiger partial charge >= 0.3 is 5.97 Å². The molecule has 0 spiro atoms. The molecular formula is C23H19ClN2O3. The van der Waals surface area contributed by atoms with Gasteiger partial charge in [-0.2, -0.15) is 0 Å². The van der Waals surface area contributed by atoms with Crippen molar-refractivity contribution in [1.29, 1.82) is 0 Å². The number of benzene rings is 2. The van der Waals surface area contributed by atoms with E-state index < -0.39 is 11.5 Å². The summed E-state index contributed by atoms with van der Waals surface area (Å²) in [6.07, 6.45) is 2.15. The van der Waals surface area contributed by atoms with E-state index in [-0.39, 0.29) is 25.2 Å². The maximum atomic E-state index is 12.5. The predicted octanol–water partition coefficient (Wildman–Crippen LogP) is 3.68. The van der Waals surface area contributed by atoms with Gasteiger partial charge in [-0.3, -0.25) is 9.78 Å². The lowest BCUT2D eigenvalue weighted by Crippen LogP contribution is -2.55. The van der Waals surface area contributed by atoms with Gasteiger partial charge in [0, 0.05) is 29.8 Å². The van der Waals surface area contributed by atoms with Crippen LogP contribution in [0.4, 0.5) is 0 Å². The van der Waals surface area contributed by atoms with Gasteiger partial charge in [-0.05, 0) is 46.5 Å². The van der Waals surface area contributed by atoms with E-state index in [0.29, 0.717) is 10.7 Å². The number of nitrogens with one attached hydrogen (secondary N) is 1. The zero-order valence-electron chi connectivity index (χ0n) is 15.6. The molecule has 0 aliphatic heterocycles. The van der Waals surface area contributed by atoms with Gasteiger partial charge in [0.25, 0.3) is 0 Å². The molecule has 1 heterocycles. The van der Waals surface area contributed by atoms with E-state index in [9.17, 15) is 14.7 Å². The lowest BCUT2D eigenvalue weighted by Gasteiger charge is -2.25. The number of halogens is 1. The van der Waals surface area contributed by atoms with Gasteiger partial charge in [0.1, 0.15) is 5.54 Å². The number of fused-ring (bicyclic) bond motifs is 1. The molecule has 3 aromatic rings. The van der Waals surface area contributed by atoms with Gasteiger partial charge in [0.2, 0.25) is 5.91 Å². The van der Waals surface area contributed by atoms with Crippen molar-refractivity contribution >= 4 is 23.5 Å². The summed E-state index contributed by atoms with van der Waals surface area (Å²) < 4.78 is 0. The second-order valence-corrected chi connectivity index (χ2v) is 7.71. The third-order valence-corrected chi connectivity index (χ3v) is 5.48. The Morgan fingerprint density at radius 1 is 1.00 bits per heavy atom. The highest BCUT2D eigenvalue weighted by Gasteiger charge is 2.45. The second-order valence-electron chi connectivity index (χ2n) is 7.28. The quantitative estimate of drug-likeness (QED) is 0.677. The molecule has 4 rings (SSSR count). The first-order chi connectivity index (χ1) is 13.9. The summed E-state index contributed by atoms with van der Waals surface area (Å²) in [5.74, 6) is -1.38. The number of aliphatic carboxylic acids is 1. The topological polar surface area (TPSA) is 79.3 Å². The average molecular weight is 407 g/mol. The number of hydrogen-bond acceptors (Lipinski definition) is 3. The molecule has 1 unspecified atom stereocenters. The van der Waals surface area contributed by atoms with Crippen LogP contribution in [0.5, 0.6) is 0 Å². The standard InChI is InChI=1S/C23H19ClN2O3/c24-19-8-6-15(7-9-19)16-4-5-17-13-23(22(28)29,14-18(17)11-16)26-21(27)12-20-3-1-2-10-25-20/h1-11H,12-14H2,(H,26,27)(H,28,29). The summed E-state index contributed by atoms with van der Waals surface area (Å²) in [5, 5.41) is 13.3. The number of carboxylic acids is 1. The zero-order chi connectivity index (χ0) is 20.4. The number of carboxylic acid groups (broad SMARTS) is 1. The fraction of sp³-hybridized carbons (Fsp3) is 0.174. The highest BCUT2D eigenvalue weighted by atomic mass is 35.5. The van der Waals surface area contributed by atoms with E-state index in [4.69, 9.17) is 11.6 Å². The second kappa shape index (κ2) is 7.68. The van der Waals surface area contributed by atoms with Crippen molar-refractivity contribution in [2.24, 2.45) is 0 Å². The summed E-state index contributed by atoms with van der Waals surface area (Å²) in [4.78, 5) is 28.8. The first-order valence-electron chi connectivity index (χ1n) is 9.27. The van der Waals surface area contributed by atoms with E-state index in [1.807, 2.05) is 42.5 Å². The minimum Gasteiger partial charge on any atom is -0.479 e. The van der Waals surface area contributed by atoms with E-state index >= 15 is 0 Å². The van der Waals surface area contributed by atoms with Crippen molar-refractivity contribution < 1.29 is 14.7 Å². The number of aromatic nitrogens is 1. The average Bonchev–Trinajstić information content (AvgIpc) is 3.07. The van der Waals surface area contributed by atoms with Gasteiger partial charge in [0.05, 0.1) is 6.42 Å². The minimum absolute atomic E-state index is 0.0439. The van der Waals surface area contributed by atoms with Crippen LogP contribution in [0.3, 0.4) is 0 Å². The fourth-order valence-corrected chi connectivity index (χ4v) is 3.89. The van der Waals surface area contributed by atoms with Crippen molar-refractivity contribution in [3.05, 3.63) is 88.7 Å². The molecule has 29 heavy (non-hydrogen) atoms. The van der Waals surface area contributed by atoms with Crippen LogP contribution in [-0.4, -0.2) is 27.5 Å². The van der Waals surface area contributed by atoms with Gasteiger partial charge in [-0.1, -0.05) is 48.0 Å². The maximum absolute atomic E-state index is 12.5. The fourth-order valence-electron chi connectivity index (χ4n) is 3.77. The lowest BCUT2D eigenvalue weighted by molar-refractivity contribution is -0.147. The van der Waals surface area contributed by atoms with Gasteiger partial charge in [-0.15, -0.1) is 0 Å². The number of carbonyl (C=O) groups is 2. The van der Waals surface area contributed by atoms with Crippen LogP contribution < -0.4 is 5.32 Å². The third kappa shape index (κ3) is 4.00. The Labute approximate surface area is 173 Å². The Morgan fingerprint density at radius 2 is 1.72 bits per heavy atom. The highest BCUT2D eigenvalue weighted by Crippen LogP contribution is 2.34. The number of carbonyl (C=O) groups excluding carboxylic acids is 1. The van der Waals surface area contributed by atoms with Crippen LogP contribution in [0.2, 0.25) is 5.02 Å². The molecule has 1 aromatic heterocycles. The lowest BCUT2D eigenvalue weighted by atomic mass is 9.95. The molecular weight excluding hydrogens is 388 g/mol. The minimum atomic E-state index is -1.34. The van der Waals surface area contributed by atoms with Crippen molar-refractivity contribution in [3.8, 4) is 11.1 Å². The molecule has 0 saturated carbocycles. The molecule has 2 N–H and O–H groups in total. The van der Waals surface area contributed by atoms with Crippen LogP contribution >= 0.6 is 11.6 Å². The summed E-state index contributed by atoms with van der Waals surface area (Å²) in [6, 6.07) is 18.7. The van der Waals surface area contributed by atoms with Crippen molar-refractivity contribution in [1.82, 2.24) is 10.3 Å². The molecule has 0 radical (unpaired) electrons. The molecule has 1 atom stereocenters. The maximum Gasteiger partial charge on any atom is 0.330 e. The van der Waals surface area contributed by atoms with Crippen molar-refractivity contribution in [2.75, 3.05) is 0 Å². The van der Waals surface area contributed by atoms with Crippen molar-refractivity contribution in [3.63, 3.8) is 0 Å². The van der Waals surface area contributed by atoms with E-state index in [1.54, 1.807) is 24.4 Å². The SMILES string of the molecule is O=C(Cc1ccccn1)NC1(C(=O)O)Cc2ccc(-c3ccc(Cl)cc3)cc2C1. The summed E-state index contributed by atoms with van der Waals surface area (Å²) in [5.41, 5.74) is 3.12. The van der Waals surface area contributed by atoms with Crippen LogP contribution in [0.25, 0.3) is 11.1 Å². The van der Waals surface area contributed by atoms with Crippen LogP contribution in [-0.2, 0) is 28.9 Å². The Hall–Kier alpha value is -3.18. The molecule has 2 aromatic carbocycles. The summed E-state index contributed by atoms with van der Waals surface area (Å²) in [7, 11) is 0. The third-order valence-electron chi connectivity index (χ3n) is 5.22. The highest BCUT2D eigenvalue weighted by molar-refractivity contribution is 6.30. The van der Waals surface area contributed by atoms with Gasteiger partial charge < -0.3 is 10.4 Å². The van der Waals surface area contributed by atoms with Crippen LogP contribution in [0.15, 0.2) is 66.9 Å². The number of hydrogen-bond donors (Lipinski definition) is 2. The van der Waals surface area contributed by atoms with Crippen molar-refractivity contribution in [2.45, 2.75) is 24.8 Å². The predicted molar refractivity (Wildman–Crippen MR) is 111 cm³/mol. The molecule has 146 valence electrons. The molecule has 6 heteroatoms. The monoisotopic (exact) mass is 406 g/mol. The summed E-state index contributed by atoms with van der Waals surface area (Å²) in [6.45, 7) is 0. The number of nitrogens with zero attached hydrogens (tertiary/aromatic N) is 1. The Kier molecular flexibility index (Phi) is 5.07. The van der Waals surface area contributed by atoms with E-state index in [2.05, 4.69) is 10.3 Å². The molecule has 0 fully saturated rings. The number of rotatable bonds is 5. The van der Waals surface area contributed by atoms with Gasteiger partial charge in [-0.25, -0.2) is 4.79 Å². The molecule has 0 bridgehead atoms. The Bertz CT molecular complexity index is 1070. The zero-order valence-corrected chi connectivity index (χ0v) is 16.3. The van der Waals surface area contributed by atoms with Gasteiger partial charge in [0.15, 0.2) is 0 Å². The molecule has 1 aliphatic carbocycles. The first kappa shape index (κ1) is 19.2. The summed E-state index contributed by atoms with van der Waals surface area (Å²) >= 11 is 5.96. The number of pyridine rings is 1. The van der Waals surface area contributed by atoms with Crippen LogP contribution in [0, 0.1) is 0 Å². The molecule has 1 aliphatic rings.